The zero-order valence-electron chi connectivity index (χ0n) is 54.0. The normalized spacial score (nSPS) is 13.3. The fourth-order valence-corrected chi connectivity index (χ4v) is 18.9. The highest BCUT2D eigenvalue weighted by molar-refractivity contribution is 6.92. The Morgan fingerprint density at radius 1 is 0.230 bits per heavy atom. The molecule has 24 rings (SSSR count). The van der Waals surface area contributed by atoms with Crippen molar-refractivity contribution in [1.29, 1.82) is 0 Å². The van der Waals surface area contributed by atoms with Crippen molar-refractivity contribution in [3.63, 3.8) is 0 Å². The minimum Gasteiger partial charge on any atom is -0.375 e. The minimum atomic E-state index is -0.146. The van der Waals surface area contributed by atoms with Crippen molar-refractivity contribution in [2.45, 2.75) is 0 Å². The Morgan fingerprint density at radius 3 is 1.44 bits per heavy atom. The summed E-state index contributed by atoms with van der Waals surface area (Å²) in [6.45, 7) is -0.247. The molecule has 4 aliphatic heterocycles. The molecule has 0 fully saturated rings. The molecule has 0 aliphatic carbocycles. The highest BCUT2D eigenvalue weighted by atomic mass is 15.2. The first kappa shape index (κ1) is 53.2. The molecule has 0 atom stereocenters. The van der Waals surface area contributed by atoms with Crippen molar-refractivity contribution < 1.29 is 0 Å². The van der Waals surface area contributed by atoms with Gasteiger partial charge in [0.15, 0.2) is 0 Å². The molecule has 100 heavy (non-hydrogen) atoms. The highest BCUT2D eigenvalue weighted by Crippen LogP contribution is 2.53. The van der Waals surface area contributed by atoms with E-state index in [0.29, 0.717) is 0 Å². The van der Waals surface area contributed by atoms with Crippen LogP contribution in [0.2, 0.25) is 0 Å². The van der Waals surface area contributed by atoms with Crippen LogP contribution in [0.4, 0.5) is 34.1 Å². The molecule has 6 nitrogen and oxygen atoms in total. The van der Waals surface area contributed by atoms with Crippen molar-refractivity contribution >= 4 is 178 Å². The number of hydrogen-bond acceptors (Lipinski definition) is 2. The van der Waals surface area contributed by atoms with E-state index in [1.54, 1.807) is 0 Å². The van der Waals surface area contributed by atoms with Crippen LogP contribution in [-0.4, -0.2) is 31.8 Å². The number of nitrogens with zero attached hydrogens (tertiary/aromatic N) is 6. The lowest BCUT2D eigenvalue weighted by Gasteiger charge is -2.41. The number of hydrogen-bond donors (Lipinski definition) is 0. The SMILES string of the molecule is c1ccc(-n2ccc3c4c5c(cc32)-c2cccc3c6ccccc6n(c23)B5c2cc3ccccc3cc2N4c2ccc3ccc(-c4cc5c6c(c4)c4ccccc4n6B4c6c-5cc5c(ccn5-c5ccccc5)c6N(c5ccc6ccccc6c5)c5ccc6ccccc6c54)cc3c2)cc1. The largest absolute Gasteiger partial charge is 0.375 e. The molecule has 0 unspecified atom stereocenters. The van der Waals surface area contributed by atoms with Gasteiger partial charge in [-0.3, -0.25) is 0 Å². The lowest BCUT2D eigenvalue weighted by atomic mass is 9.44. The maximum atomic E-state index is 2.73. The molecule has 0 saturated heterocycles. The van der Waals surface area contributed by atoms with Crippen LogP contribution in [0.5, 0.6) is 0 Å². The van der Waals surface area contributed by atoms with Crippen LogP contribution >= 0.6 is 0 Å². The summed E-state index contributed by atoms with van der Waals surface area (Å²) in [6, 6.07) is 120. The third-order valence-corrected chi connectivity index (χ3v) is 23.0. The Hall–Kier alpha value is -13.0. The molecule has 0 saturated carbocycles. The van der Waals surface area contributed by atoms with Crippen LogP contribution in [0.1, 0.15) is 0 Å². The number of benzene rings is 16. The van der Waals surface area contributed by atoms with E-state index < -0.39 is 0 Å². The van der Waals surface area contributed by atoms with Crippen LogP contribution in [-0.2, 0) is 0 Å². The monoisotopic (exact) mass is 1260 g/mol. The Balaban J connectivity index is 0.763. The summed E-state index contributed by atoms with van der Waals surface area (Å²) in [5.74, 6) is 0. The van der Waals surface area contributed by atoms with Gasteiger partial charge in [0.2, 0.25) is 0 Å². The summed E-state index contributed by atoms with van der Waals surface area (Å²) in [7, 11) is 0. The summed E-state index contributed by atoms with van der Waals surface area (Å²) in [6.07, 6.45) is 4.57. The number of rotatable bonds is 5. The van der Waals surface area contributed by atoms with Crippen molar-refractivity contribution in [3.8, 4) is 44.8 Å². The van der Waals surface area contributed by atoms with E-state index in [4.69, 9.17) is 0 Å². The van der Waals surface area contributed by atoms with Gasteiger partial charge >= 0.3 is 13.7 Å². The number of aromatic nitrogens is 4. The van der Waals surface area contributed by atoms with E-state index in [0.717, 1.165) is 22.7 Å². The average Bonchev–Trinajstić information content (AvgIpc) is 1.34. The minimum absolute atomic E-state index is 0.100. The number of anilines is 6. The molecule has 0 N–H and O–H groups in total. The maximum absolute atomic E-state index is 2.73. The van der Waals surface area contributed by atoms with E-state index >= 15 is 0 Å². The summed E-state index contributed by atoms with van der Waals surface area (Å²) in [4.78, 5) is 5.24. The topological polar surface area (TPSA) is 26.2 Å². The summed E-state index contributed by atoms with van der Waals surface area (Å²) < 4.78 is 10.2. The van der Waals surface area contributed by atoms with Gasteiger partial charge in [0.1, 0.15) is 0 Å². The van der Waals surface area contributed by atoms with Gasteiger partial charge in [0.25, 0.3) is 0 Å². The van der Waals surface area contributed by atoms with Crippen LogP contribution in [0, 0.1) is 0 Å². The van der Waals surface area contributed by atoms with Gasteiger partial charge in [-0.2, -0.15) is 0 Å². The molecule has 458 valence electrons. The second-order valence-electron chi connectivity index (χ2n) is 27.9. The van der Waals surface area contributed by atoms with Crippen molar-refractivity contribution in [2.24, 2.45) is 0 Å². The highest BCUT2D eigenvalue weighted by Gasteiger charge is 2.47. The van der Waals surface area contributed by atoms with E-state index in [2.05, 4.69) is 356 Å². The van der Waals surface area contributed by atoms with Crippen molar-refractivity contribution in [3.05, 3.63) is 328 Å². The third-order valence-electron chi connectivity index (χ3n) is 23.0. The van der Waals surface area contributed by atoms with E-state index in [-0.39, 0.29) is 13.7 Å². The lowest BCUT2D eigenvalue weighted by molar-refractivity contribution is 1.13. The van der Waals surface area contributed by atoms with Crippen LogP contribution < -0.4 is 31.7 Å². The van der Waals surface area contributed by atoms with Gasteiger partial charge in [-0.05, 0) is 202 Å². The van der Waals surface area contributed by atoms with Gasteiger partial charge in [-0.1, -0.05) is 200 Å². The molecule has 0 amide bonds. The van der Waals surface area contributed by atoms with Gasteiger partial charge in [-0.15, -0.1) is 0 Å². The lowest BCUT2D eigenvalue weighted by Crippen LogP contribution is -2.57. The first-order valence-corrected chi connectivity index (χ1v) is 34.9. The van der Waals surface area contributed by atoms with E-state index in [9.17, 15) is 0 Å². The Labute approximate surface area is 575 Å². The molecule has 0 radical (unpaired) electrons. The first-order valence-electron chi connectivity index (χ1n) is 34.9. The summed E-state index contributed by atoms with van der Waals surface area (Å²) >= 11 is 0. The van der Waals surface area contributed by atoms with Crippen LogP contribution in [0.25, 0.3) is 153 Å². The molecule has 0 bridgehead atoms. The predicted octanol–water partition coefficient (Wildman–Crippen LogP) is 20.9. The van der Waals surface area contributed by atoms with Crippen LogP contribution in [0.3, 0.4) is 0 Å². The van der Waals surface area contributed by atoms with E-state index in [1.165, 1.54) is 186 Å². The zero-order chi connectivity index (χ0) is 64.7. The fourth-order valence-electron chi connectivity index (χ4n) is 18.9. The van der Waals surface area contributed by atoms with E-state index in [1.807, 2.05) is 0 Å². The summed E-state index contributed by atoms with van der Waals surface area (Å²) in [5, 5.41) is 17.2. The molecule has 8 heterocycles. The zero-order valence-corrected chi connectivity index (χ0v) is 54.0. The molecule has 16 aromatic carbocycles. The third kappa shape index (κ3) is 6.93. The van der Waals surface area contributed by atoms with Crippen LogP contribution in [0.15, 0.2) is 328 Å². The molecule has 0 spiro atoms. The Morgan fingerprint density at radius 2 is 0.740 bits per heavy atom. The molecular weight excluding hydrogens is 1210 g/mol. The maximum Gasteiger partial charge on any atom is 0.333 e. The molecule has 4 aliphatic rings. The molecular formula is C92H54B2N6. The molecule has 8 heteroatoms. The van der Waals surface area contributed by atoms with Gasteiger partial charge in [0.05, 0.1) is 22.4 Å². The summed E-state index contributed by atoms with van der Waals surface area (Å²) in [5.41, 5.74) is 29.3. The second-order valence-corrected chi connectivity index (χ2v) is 27.9. The van der Waals surface area contributed by atoms with Crippen molar-refractivity contribution in [2.75, 3.05) is 9.80 Å². The molecule has 4 aromatic heterocycles. The Bertz CT molecular complexity index is 7070. The number of fused-ring (bicyclic) bond motifs is 23. The van der Waals surface area contributed by atoms with Gasteiger partial charge in [0, 0.05) is 112 Å². The quantitative estimate of drug-likeness (QED) is 0.161. The van der Waals surface area contributed by atoms with Gasteiger partial charge < -0.3 is 27.9 Å². The van der Waals surface area contributed by atoms with Gasteiger partial charge in [-0.25, -0.2) is 0 Å². The smallest absolute Gasteiger partial charge is 0.333 e. The average molecular weight is 1270 g/mol. The first-order chi connectivity index (χ1) is 49.6. The Kier molecular flexibility index (Phi) is 10.3. The van der Waals surface area contributed by atoms with Crippen molar-refractivity contribution in [1.82, 2.24) is 18.1 Å². The number of para-hydroxylation sites is 5. The molecule has 20 aromatic rings. The predicted molar refractivity (Wildman–Crippen MR) is 423 cm³/mol. The standard InChI is InChI=1S/C92H54B2N6/c1-3-23-64(24-4-1)95-44-42-73-83(95)53-75-72-31-17-30-71-69-28-13-15-32-80(69)99(89(71)72)93-79-51-59-21-9-10-22-60(59)52-85(79)98(91(73)87(75)93)67-40-37-56-34-35-61(46-62(56)48-67)63-49-77-70-29-14-16-33-81(70)100-90(77)78(50-63)76-54-84-74(43-45-96(84)65-25-5-2-6-26-65)92-88(76)94(100)86-68-27-12-11-19-57(68)38-41-82(86)97(92)66-39-36-55-18-7-8-20-58(55)47-66/h1-54H. The second kappa shape index (κ2) is 19.4. The fraction of sp³-hybridized carbons (Fsp3) is 0.